The van der Waals surface area contributed by atoms with Crippen molar-refractivity contribution in [1.82, 2.24) is 4.90 Å². The SMILES string of the molecule is N#CC1(C(=O)N2CC3CCC(O)C3C2)CCCCC1. The van der Waals surface area contributed by atoms with Crippen LogP contribution >= 0.6 is 0 Å². The van der Waals surface area contributed by atoms with E-state index < -0.39 is 5.41 Å². The van der Waals surface area contributed by atoms with Gasteiger partial charge >= 0.3 is 0 Å². The molecule has 0 aromatic heterocycles. The number of hydrogen-bond acceptors (Lipinski definition) is 3. The lowest BCUT2D eigenvalue weighted by Crippen LogP contribution is -2.44. The molecule has 3 fully saturated rings. The maximum Gasteiger partial charge on any atom is 0.243 e. The molecule has 4 heteroatoms. The van der Waals surface area contributed by atoms with E-state index in [1.807, 2.05) is 4.90 Å². The molecule has 1 aliphatic heterocycles. The minimum atomic E-state index is -0.762. The Labute approximate surface area is 114 Å². The van der Waals surface area contributed by atoms with Gasteiger partial charge < -0.3 is 10.0 Å². The Bertz CT molecular complexity index is 409. The smallest absolute Gasteiger partial charge is 0.243 e. The van der Waals surface area contributed by atoms with Crippen molar-refractivity contribution in [2.45, 2.75) is 51.0 Å². The van der Waals surface area contributed by atoms with E-state index in [1.54, 1.807) is 0 Å². The van der Waals surface area contributed by atoms with Crippen LogP contribution in [0.2, 0.25) is 0 Å². The van der Waals surface area contributed by atoms with Gasteiger partial charge in [-0.2, -0.15) is 5.26 Å². The molecule has 3 rings (SSSR count). The molecular formula is C15H22N2O2. The van der Waals surface area contributed by atoms with Gasteiger partial charge in [-0.3, -0.25) is 4.79 Å². The minimum Gasteiger partial charge on any atom is -0.393 e. The van der Waals surface area contributed by atoms with Crippen molar-refractivity contribution >= 4 is 5.91 Å². The van der Waals surface area contributed by atoms with Gasteiger partial charge in [-0.15, -0.1) is 0 Å². The van der Waals surface area contributed by atoms with Crippen molar-refractivity contribution in [3.8, 4) is 6.07 Å². The number of carbonyl (C=O) groups excluding carboxylic acids is 1. The molecule has 3 unspecified atom stereocenters. The molecular weight excluding hydrogens is 240 g/mol. The topological polar surface area (TPSA) is 64.3 Å². The van der Waals surface area contributed by atoms with Crippen LogP contribution in [-0.2, 0) is 4.79 Å². The van der Waals surface area contributed by atoms with E-state index >= 15 is 0 Å². The Morgan fingerprint density at radius 1 is 1.21 bits per heavy atom. The molecule has 1 saturated heterocycles. The first-order valence-corrected chi connectivity index (χ1v) is 7.55. The van der Waals surface area contributed by atoms with E-state index in [9.17, 15) is 15.2 Å². The summed E-state index contributed by atoms with van der Waals surface area (Å²) in [6.45, 7) is 1.41. The molecule has 3 aliphatic rings. The first-order valence-electron chi connectivity index (χ1n) is 7.55. The number of carbonyl (C=O) groups is 1. The molecule has 0 spiro atoms. The summed E-state index contributed by atoms with van der Waals surface area (Å²) in [5.41, 5.74) is -0.762. The van der Waals surface area contributed by atoms with Crippen LogP contribution in [0.15, 0.2) is 0 Å². The van der Waals surface area contributed by atoms with E-state index in [0.29, 0.717) is 12.5 Å². The van der Waals surface area contributed by atoms with Crippen LogP contribution in [0, 0.1) is 28.6 Å². The van der Waals surface area contributed by atoms with Crippen molar-refractivity contribution in [1.29, 1.82) is 5.26 Å². The van der Waals surface area contributed by atoms with Gasteiger partial charge in [0.05, 0.1) is 12.2 Å². The highest BCUT2D eigenvalue weighted by Crippen LogP contribution is 2.42. The zero-order valence-corrected chi connectivity index (χ0v) is 11.3. The van der Waals surface area contributed by atoms with Gasteiger partial charge in [0.15, 0.2) is 0 Å². The highest BCUT2D eigenvalue weighted by molar-refractivity contribution is 5.86. The number of nitrogens with zero attached hydrogens (tertiary/aromatic N) is 2. The summed E-state index contributed by atoms with van der Waals surface area (Å²) < 4.78 is 0. The largest absolute Gasteiger partial charge is 0.393 e. The molecule has 1 N–H and O–H groups in total. The summed E-state index contributed by atoms with van der Waals surface area (Å²) in [6, 6.07) is 2.32. The summed E-state index contributed by atoms with van der Waals surface area (Å²) in [5.74, 6) is 0.748. The predicted molar refractivity (Wildman–Crippen MR) is 69.9 cm³/mol. The van der Waals surface area contributed by atoms with Crippen LogP contribution in [0.1, 0.15) is 44.9 Å². The third-order valence-electron chi connectivity index (χ3n) is 5.44. The molecule has 0 bridgehead atoms. The summed E-state index contributed by atoms with van der Waals surface area (Å²) in [6.07, 6.45) is 6.21. The van der Waals surface area contributed by atoms with E-state index in [4.69, 9.17) is 0 Å². The van der Waals surface area contributed by atoms with Gasteiger partial charge in [0.1, 0.15) is 5.41 Å². The monoisotopic (exact) mass is 262 g/mol. The molecule has 104 valence electrons. The minimum absolute atomic E-state index is 0.0382. The number of nitriles is 1. The maximum atomic E-state index is 12.7. The number of hydrogen-bond donors (Lipinski definition) is 1. The quantitative estimate of drug-likeness (QED) is 0.782. The first kappa shape index (κ1) is 12.9. The number of likely N-dealkylation sites (tertiary alicyclic amines) is 1. The van der Waals surface area contributed by atoms with Crippen molar-refractivity contribution in [2.75, 3.05) is 13.1 Å². The van der Waals surface area contributed by atoms with Crippen LogP contribution in [0.4, 0.5) is 0 Å². The molecule has 2 saturated carbocycles. The normalized spacial score (nSPS) is 36.8. The molecule has 0 aromatic carbocycles. The zero-order chi connectivity index (χ0) is 13.5. The van der Waals surface area contributed by atoms with Crippen LogP contribution in [0.5, 0.6) is 0 Å². The Morgan fingerprint density at radius 3 is 2.58 bits per heavy atom. The highest BCUT2D eigenvalue weighted by atomic mass is 16.3. The van der Waals surface area contributed by atoms with Crippen molar-refractivity contribution in [3.05, 3.63) is 0 Å². The van der Waals surface area contributed by atoms with E-state index in [-0.39, 0.29) is 17.9 Å². The molecule has 1 heterocycles. The third kappa shape index (κ3) is 2.04. The Kier molecular flexibility index (Phi) is 3.26. The number of fused-ring (bicyclic) bond motifs is 1. The van der Waals surface area contributed by atoms with Gasteiger partial charge in [0, 0.05) is 19.0 Å². The molecule has 4 nitrogen and oxygen atoms in total. The number of amides is 1. The first-order chi connectivity index (χ1) is 9.16. The van der Waals surface area contributed by atoms with Gasteiger partial charge in [-0.05, 0) is 31.6 Å². The summed E-state index contributed by atoms with van der Waals surface area (Å²) in [7, 11) is 0. The van der Waals surface area contributed by atoms with Crippen LogP contribution in [0.3, 0.4) is 0 Å². The van der Waals surface area contributed by atoms with Crippen LogP contribution in [0.25, 0.3) is 0 Å². The average Bonchev–Trinajstić information content (AvgIpc) is 3.01. The molecule has 2 aliphatic carbocycles. The molecule has 1 amide bonds. The van der Waals surface area contributed by atoms with Gasteiger partial charge in [-0.25, -0.2) is 0 Å². The Hall–Kier alpha value is -1.08. The second kappa shape index (κ2) is 4.79. The second-order valence-electron chi connectivity index (χ2n) is 6.53. The van der Waals surface area contributed by atoms with Crippen molar-refractivity contribution in [3.63, 3.8) is 0 Å². The molecule has 0 radical (unpaired) electrons. The highest BCUT2D eigenvalue weighted by Gasteiger charge is 2.49. The Morgan fingerprint density at radius 2 is 1.95 bits per heavy atom. The maximum absolute atomic E-state index is 12.7. The summed E-state index contributed by atoms with van der Waals surface area (Å²) in [5, 5.41) is 19.4. The summed E-state index contributed by atoms with van der Waals surface area (Å²) >= 11 is 0. The fourth-order valence-corrected chi connectivity index (χ4v) is 4.23. The lowest BCUT2D eigenvalue weighted by molar-refractivity contribution is -0.140. The number of aliphatic hydroxyl groups is 1. The molecule has 19 heavy (non-hydrogen) atoms. The number of aliphatic hydroxyl groups excluding tert-OH is 1. The fraction of sp³-hybridized carbons (Fsp3) is 0.867. The van der Waals surface area contributed by atoms with E-state index in [0.717, 1.165) is 51.5 Å². The predicted octanol–water partition coefficient (Wildman–Crippen LogP) is 1.69. The zero-order valence-electron chi connectivity index (χ0n) is 11.3. The number of rotatable bonds is 1. The average molecular weight is 262 g/mol. The third-order valence-corrected chi connectivity index (χ3v) is 5.44. The lowest BCUT2D eigenvalue weighted by Gasteiger charge is -2.33. The summed E-state index contributed by atoms with van der Waals surface area (Å²) in [4.78, 5) is 14.6. The van der Waals surface area contributed by atoms with Gasteiger partial charge in [-0.1, -0.05) is 19.3 Å². The molecule has 3 atom stereocenters. The van der Waals surface area contributed by atoms with E-state index in [1.165, 1.54) is 0 Å². The van der Waals surface area contributed by atoms with E-state index in [2.05, 4.69) is 6.07 Å². The van der Waals surface area contributed by atoms with Crippen molar-refractivity contribution in [2.24, 2.45) is 17.3 Å². The van der Waals surface area contributed by atoms with Crippen LogP contribution in [-0.4, -0.2) is 35.1 Å². The lowest BCUT2D eigenvalue weighted by atomic mass is 9.74. The molecule has 0 aromatic rings. The van der Waals surface area contributed by atoms with Gasteiger partial charge in [0.25, 0.3) is 0 Å². The van der Waals surface area contributed by atoms with Crippen LogP contribution < -0.4 is 0 Å². The van der Waals surface area contributed by atoms with Gasteiger partial charge in [0.2, 0.25) is 5.91 Å². The standard InChI is InChI=1S/C15H22N2O2/c16-10-15(6-2-1-3-7-15)14(19)17-8-11-4-5-13(18)12(11)9-17/h11-13,18H,1-9H2. The van der Waals surface area contributed by atoms with Crippen molar-refractivity contribution < 1.29 is 9.90 Å². The Balaban J connectivity index is 1.73. The fourth-order valence-electron chi connectivity index (χ4n) is 4.23. The second-order valence-corrected chi connectivity index (χ2v) is 6.53.